The highest BCUT2D eigenvalue weighted by molar-refractivity contribution is 6.32. The van der Waals surface area contributed by atoms with Gasteiger partial charge in [-0.1, -0.05) is 12.1 Å². The largest absolute Gasteiger partial charge is 0.462 e. The molecule has 0 bridgehead atoms. The molecule has 0 spiro atoms. The average Bonchev–Trinajstić information content (AvgIpc) is 2.29. The molecule has 0 aliphatic carbocycles. The summed E-state index contributed by atoms with van der Waals surface area (Å²) in [5.41, 5.74) is 0.725. The van der Waals surface area contributed by atoms with Gasteiger partial charge in [-0.05, 0) is 26.0 Å². The van der Waals surface area contributed by atoms with Crippen LogP contribution in [0.4, 0.5) is 5.69 Å². The van der Waals surface area contributed by atoms with Crippen molar-refractivity contribution >= 4 is 29.2 Å². The summed E-state index contributed by atoms with van der Waals surface area (Å²) in [4.78, 5) is 23.1. The molecule has 0 radical (unpaired) electrons. The second-order valence-corrected chi connectivity index (χ2v) is 4.03. The van der Waals surface area contributed by atoms with Crippen molar-refractivity contribution in [2.75, 3.05) is 11.9 Å². The Morgan fingerprint density at radius 3 is 2.65 bits per heavy atom. The van der Waals surface area contributed by atoms with Crippen LogP contribution in [-0.2, 0) is 9.53 Å². The van der Waals surface area contributed by atoms with Gasteiger partial charge in [0, 0.05) is 0 Å². The molecule has 0 aliphatic rings. The van der Waals surface area contributed by atoms with Crippen LogP contribution in [0.1, 0.15) is 24.2 Å². The molecule has 1 atom stereocenters. The fourth-order valence-corrected chi connectivity index (χ4v) is 1.27. The molecular formula is C12H14ClNO3. The Morgan fingerprint density at radius 1 is 1.41 bits per heavy atom. The fraction of sp³-hybridized carbons (Fsp3) is 0.333. The summed E-state index contributed by atoms with van der Waals surface area (Å²) in [6, 6.07) is 6.64. The first-order valence-corrected chi connectivity index (χ1v) is 5.71. The fourth-order valence-electron chi connectivity index (χ4n) is 1.21. The lowest BCUT2D eigenvalue weighted by Gasteiger charge is -2.10. The van der Waals surface area contributed by atoms with E-state index in [0.717, 1.165) is 0 Å². The molecule has 1 aromatic carbocycles. The van der Waals surface area contributed by atoms with Crippen LogP contribution in [-0.4, -0.2) is 23.9 Å². The zero-order chi connectivity index (χ0) is 12.8. The predicted molar refractivity (Wildman–Crippen MR) is 66.3 cm³/mol. The van der Waals surface area contributed by atoms with E-state index < -0.39 is 11.3 Å². The van der Waals surface area contributed by atoms with E-state index >= 15 is 0 Å². The number of carbonyl (C=O) groups excluding carboxylic acids is 2. The van der Waals surface area contributed by atoms with Gasteiger partial charge in [0.1, 0.15) is 5.38 Å². The van der Waals surface area contributed by atoms with Crippen LogP contribution in [0, 0.1) is 0 Å². The Bertz CT molecular complexity index is 418. The Kier molecular flexibility index (Phi) is 4.97. The summed E-state index contributed by atoms with van der Waals surface area (Å²) in [5, 5.41) is 1.92. The van der Waals surface area contributed by atoms with Crippen molar-refractivity contribution in [3.8, 4) is 0 Å². The number of amides is 1. The lowest BCUT2D eigenvalue weighted by molar-refractivity contribution is -0.115. The SMILES string of the molecule is CCOC(=O)c1ccccc1NC(=O)[C@@H](C)Cl. The topological polar surface area (TPSA) is 55.4 Å². The zero-order valence-corrected chi connectivity index (χ0v) is 10.5. The van der Waals surface area contributed by atoms with E-state index in [1.165, 1.54) is 0 Å². The van der Waals surface area contributed by atoms with Gasteiger partial charge in [0.2, 0.25) is 5.91 Å². The van der Waals surface area contributed by atoms with E-state index in [1.807, 2.05) is 0 Å². The maximum atomic E-state index is 11.6. The number of benzene rings is 1. The van der Waals surface area contributed by atoms with E-state index in [4.69, 9.17) is 16.3 Å². The summed E-state index contributed by atoms with van der Waals surface area (Å²) < 4.78 is 4.89. The number of carbonyl (C=O) groups is 2. The number of anilines is 1. The second kappa shape index (κ2) is 6.25. The van der Waals surface area contributed by atoms with Crippen molar-refractivity contribution in [3.63, 3.8) is 0 Å². The third-order valence-electron chi connectivity index (χ3n) is 2.04. The first kappa shape index (κ1) is 13.5. The van der Waals surface area contributed by atoms with Crippen molar-refractivity contribution in [1.82, 2.24) is 0 Å². The third kappa shape index (κ3) is 3.75. The number of alkyl halides is 1. The maximum Gasteiger partial charge on any atom is 0.340 e. The molecule has 92 valence electrons. The highest BCUT2D eigenvalue weighted by atomic mass is 35.5. The quantitative estimate of drug-likeness (QED) is 0.664. The molecule has 0 heterocycles. The van der Waals surface area contributed by atoms with Crippen LogP contribution in [0.2, 0.25) is 0 Å². The Morgan fingerprint density at radius 2 is 2.06 bits per heavy atom. The number of esters is 1. The van der Waals surface area contributed by atoms with Gasteiger partial charge in [-0.2, -0.15) is 0 Å². The molecule has 1 amide bonds. The van der Waals surface area contributed by atoms with E-state index in [0.29, 0.717) is 11.3 Å². The lowest BCUT2D eigenvalue weighted by atomic mass is 10.1. The molecule has 0 aromatic heterocycles. The Hall–Kier alpha value is -1.55. The molecule has 17 heavy (non-hydrogen) atoms. The molecule has 0 fully saturated rings. The van der Waals surface area contributed by atoms with Gasteiger partial charge in [-0.15, -0.1) is 11.6 Å². The molecule has 0 aliphatic heterocycles. The van der Waals surface area contributed by atoms with Crippen molar-refractivity contribution in [3.05, 3.63) is 29.8 Å². The predicted octanol–water partition coefficient (Wildman–Crippen LogP) is 2.43. The molecule has 1 rings (SSSR count). The van der Waals surface area contributed by atoms with Gasteiger partial charge < -0.3 is 10.1 Å². The van der Waals surface area contributed by atoms with Crippen LogP contribution in [0.15, 0.2) is 24.3 Å². The van der Waals surface area contributed by atoms with Crippen molar-refractivity contribution in [1.29, 1.82) is 0 Å². The zero-order valence-electron chi connectivity index (χ0n) is 9.70. The van der Waals surface area contributed by atoms with Gasteiger partial charge in [0.05, 0.1) is 17.9 Å². The molecule has 0 saturated heterocycles. The number of ether oxygens (including phenoxy) is 1. The minimum Gasteiger partial charge on any atom is -0.462 e. The highest BCUT2D eigenvalue weighted by Gasteiger charge is 2.15. The smallest absolute Gasteiger partial charge is 0.340 e. The number of halogens is 1. The lowest BCUT2D eigenvalue weighted by Crippen LogP contribution is -2.22. The summed E-state index contributed by atoms with van der Waals surface area (Å²) in [5.74, 6) is -0.825. The summed E-state index contributed by atoms with van der Waals surface area (Å²) in [7, 11) is 0. The van der Waals surface area contributed by atoms with E-state index in [2.05, 4.69) is 5.32 Å². The summed E-state index contributed by atoms with van der Waals surface area (Å²) in [6.07, 6.45) is 0. The minimum absolute atomic E-state index is 0.285. The summed E-state index contributed by atoms with van der Waals surface area (Å²) in [6.45, 7) is 3.57. The first-order valence-electron chi connectivity index (χ1n) is 5.27. The molecule has 1 aromatic rings. The second-order valence-electron chi connectivity index (χ2n) is 3.37. The van der Waals surface area contributed by atoms with E-state index in [-0.39, 0.29) is 12.5 Å². The molecule has 4 nitrogen and oxygen atoms in total. The van der Waals surface area contributed by atoms with Gasteiger partial charge >= 0.3 is 5.97 Å². The molecular weight excluding hydrogens is 242 g/mol. The number of hydrogen-bond donors (Lipinski definition) is 1. The Balaban J connectivity index is 2.92. The van der Waals surface area contributed by atoms with Crippen molar-refractivity contribution in [2.24, 2.45) is 0 Å². The van der Waals surface area contributed by atoms with Crippen LogP contribution in [0.3, 0.4) is 0 Å². The van der Waals surface area contributed by atoms with Gasteiger partial charge in [-0.25, -0.2) is 4.79 Å². The van der Waals surface area contributed by atoms with Gasteiger partial charge in [0.25, 0.3) is 0 Å². The molecule has 0 saturated carbocycles. The van der Waals surface area contributed by atoms with Crippen LogP contribution in [0.5, 0.6) is 0 Å². The van der Waals surface area contributed by atoms with Gasteiger partial charge in [-0.3, -0.25) is 4.79 Å². The molecule has 1 N–H and O–H groups in total. The Labute approximate surface area is 105 Å². The highest BCUT2D eigenvalue weighted by Crippen LogP contribution is 2.17. The number of hydrogen-bond acceptors (Lipinski definition) is 3. The normalized spacial score (nSPS) is 11.7. The van der Waals surface area contributed by atoms with Crippen LogP contribution in [0.25, 0.3) is 0 Å². The average molecular weight is 256 g/mol. The minimum atomic E-state index is -0.662. The van der Waals surface area contributed by atoms with Crippen LogP contribution >= 0.6 is 11.6 Å². The van der Waals surface area contributed by atoms with E-state index in [9.17, 15) is 9.59 Å². The standard InChI is InChI=1S/C12H14ClNO3/c1-3-17-12(16)9-6-4-5-7-10(9)14-11(15)8(2)13/h4-8H,3H2,1-2H3,(H,14,15)/t8-/m1/s1. The van der Waals surface area contributed by atoms with Crippen molar-refractivity contribution < 1.29 is 14.3 Å². The number of rotatable bonds is 4. The first-order chi connectivity index (χ1) is 8.06. The van der Waals surface area contributed by atoms with E-state index in [1.54, 1.807) is 38.1 Å². The molecule has 0 unspecified atom stereocenters. The monoisotopic (exact) mass is 255 g/mol. The number of nitrogens with one attached hydrogen (secondary N) is 1. The van der Waals surface area contributed by atoms with Crippen LogP contribution < -0.4 is 5.32 Å². The summed E-state index contributed by atoms with van der Waals surface area (Å²) >= 11 is 5.64. The molecule has 5 heteroatoms. The van der Waals surface area contributed by atoms with Crippen molar-refractivity contribution in [2.45, 2.75) is 19.2 Å². The third-order valence-corrected chi connectivity index (χ3v) is 2.24. The number of para-hydroxylation sites is 1. The maximum absolute atomic E-state index is 11.6. The van der Waals surface area contributed by atoms with Gasteiger partial charge in [0.15, 0.2) is 0 Å².